The Morgan fingerprint density at radius 2 is 2.12 bits per heavy atom. The van der Waals surface area contributed by atoms with E-state index in [0.717, 1.165) is 24.9 Å². The lowest BCUT2D eigenvalue weighted by Crippen LogP contribution is -2.35. The van der Waals surface area contributed by atoms with E-state index in [4.69, 9.17) is 10.5 Å². The number of anilines is 1. The van der Waals surface area contributed by atoms with Crippen molar-refractivity contribution >= 4 is 5.69 Å². The van der Waals surface area contributed by atoms with Crippen LogP contribution in [-0.2, 0) is 0 Å². The van der Waals surface area contributed by atoms with Crippen LogP contribution in [0.5, 0.6) is 0 Å². The molecule has 1 saturated carbocycles. The molecular weight excluding hydrogens is 198 g/mol. The van der Waals surface area contributed by atoms with Crippen LogP contribution in [0.3, 0.4) is 0 Å². The molecule has 0 aromatic heterocycles. The van der Waals surface area contributed by atoms with E-state index in [1.807, 2.05) is 18.2 Å². The molecule has 0 saturated heterocycles. The molecule has 0 aliphatic heterocycles. The minimum atomic E-state index is -0.178. The first-order valence-corrected chi connectivity index (χ1v) is 5.43. The van der Waals surface area contributed by atoms with Gasteiger partial charge in [0.25, 0.3) is 0 Å². The maximum Gasteiger partial charge on any atom is 0.0992 e. The zero-order valence-corrected chi connectivity index (χ0v) is 9.03. The third-order valence-corrected chi connectivity index (χ3v) is 3.17. The molecule has 0 heterocycles. The highest BCUT2D eigenvalue weighted by molar-refractivity contribution is 5.49. The number of benzene rings is 1. The second kappa shape index (κ2) is 4.24. The molecule has 0 unspecified atom stereocenters. The molecule has 1 N–H and O–H groups in total. The molecule has 0 radical (unpaired) electrons. The fourth-order valence-corrected chi connectivity index (χ4v) is 1.90. The first-order valence-electron chi connectivity index (χ1n) is 5.43. The molecule has 0 bridgehead atoms. The van der Waals surface area contributed by atoms with Crippen LogP contribution in [0.2, 0.25) is 0 Å². The quantitative estimate of drug-likeness (QED) is 0.836. The Hall–Kier alpha value is -2.00. The van der Waals surface area contributed by atoms with Gasteiger partial charge < -0.3 is 5.32 Å². The largest absolute Gasteiger partial charge is 0.383 e. The molecule has 1 aliphatic carbocycles. The number of rotatable bonds is 3. The number of nitrogens with one attached hydrogen (secondary N) is 1. The highest BCUT2D eigenvalue weighted by Gasteiger charge is 2.36. The van der Waals surface area contributed by atoms with E-state index in [9.17, 15) is 0 Å². The van der Waals surface area contributed by atoms with E-state index in [0.29, 0.717) is 12.1 Å². The van der Waals surface area contributed by atoms with E-state index in [1.54, 1.807) is 6.07 Å². The smallest absolute Gasteiger partial charge is 0.0992 e. The van der Waals surface area contributed by atoms with Crippen molar-refractivity contribution in [3.63, 3.8) is 0 Å². The van der Waals surface area contributed by atoms with Crippen LogP contribution in [0, 0.1) is 28.1 Å². The van der Waals surface area contributed by atoms with Crippen LogP contribution in [0.15, 0.2) is 24.3 Å². The Kier molecular flexibility index (Phi) is 2.79. The lowest BCUT2D eigenvalue weighted by Gasteiger charge is -2.35. The number of hydrogen-bond acceptors (Lipinski definition) is 3. The summed E-state index contributed by atoms with van der Waals surface area (Å²) in [7, 11) is 0. The lowest BCUT2D eigenvalue weighted by molar-refractivity contribution is 0.233. The molecule has 3 nitrogen and oxygen atoms in total. The molecule has 80 valence electrons. The summed E-state index contributed by atoms with van der Waals surface area (Å²) in [6.45, 7) is 0.679. The van der Waals surface area contributed by atoms with Gasteiger partial charge in [-0.2, -0.15) is 10.5 Å². The van der Waals surface area contributed by atoms with Gasteiger partial charge in [-0.25, -0.2) is 0 Å². The Morgan fingerprint density at radius 1 is 1.31 bits per heavy atom. The standard InChI is InChI=1S/C13H13N3/c14-8-11-3-1-4-12(7-11)16-10-13(9-15)5-2-6-13/h1,3-4,7,16H,2,5-6,10H2. The lowest BCUT2D eigenvalue weighted by atomic mass is 9.70. The Bertz CT molecular complexity index is 461. The summed E-state index contributed by atoms with van der Waals surface area (Å²) in [6, 6.07) is 11.8. The third kappa shape index (κ3) is 1.99. The van der Waals surface area contributed by atoms with E-state index < -0.39 is 0 Å². The van der Waals surface area contributed by atoms with Crippen molar-refractivity contribution in [1.82, 2.24) is 0 Å². The molecular formula is C13H13N3. The van der Waals surface area contributed by atoms with E-state index >= 15 is 0 Å². The zero-order chi connectivity index (χ0) is 11.4. The van der Waals surface area contributed by atoms with Gasteiger partial charge in [-0.3, -0.25) is 0 Å². The van der Waals surface area contributed by atoms with Crippen molar-refractivity contribution in [2.24, 2.45) is 5.41 Å². The van der Waals surface area contributed by atoms with Crippen LogP contribution >= 0.6 is 0 Å². The molecule has 1 aromatic carbocycles. The van der Waals surface area contributed by atoms with Gasteiger partial charge in [0.1, 0.15) is 0 Å². The van der Waals surface area contributed by atoms with E-state index in [-0.39, 0.29) is 5.41 Å². The minimum Gasteiger partial charge on any atom is -0.383 e. The third-order valence-electron chi connectivity index (χ3n) is 3.17. The van der Waals surface area contributed by atoms with E-state index in [2.05, 4.69) is 17.5 Å². The second-order valence-corrected chi connectivity index (χ2v) is 4.29. The van der Waals surface area contributed by atoms with Crippen LogP contribution in [0.1, 0.15) is 24.8 Å². The van der Waals surface area contributed by atoms with Crippen molar-refractivity contribution in [3.8, 4) is 12.1 Å². The molecule has 1 aromatic rings. The van der Waals surface area contributed by atoms with Gasteiger partial charge in [0, 0.05) is 12.2 Å². The Morgan fingerprint density at radius 3 is 2.69 bits per heavy atom. The summed E-state index contributed by atoms with van der Waals surface area (Å²) in [4.78, 5) is 0. The topological polar surface area (TPSA) is 59.6 Å². The molecule has 16 heavy (non-hydrogen) atoms. The average molecular weight is 211 g/mol. The van der Waals surface area contributed by atoms with Gasteiger partial charge in [0.15, 0.2) is 0 Å². The maximum absolute atomic E-state index is 9.07. The van der Waals surface area contributed by atoms with Gasteiger partial charge in [-0.15, -0.1) is 0 Å². The fourth-order valence-electron chi connectivity index (χ4n) is 1.90. The normalized spacial score (nSPS) is 16.6. The number of nitrogens with zero attached hydrogens (tertiary/aromatic N) is 2. The summed E-state index contributed by atoms with van der Waals surface area (Å²) in [5.41, 5.74) is 1.38. The number of hydrogen-bond donors (Lipinski definition) is 1. The molecule has 1 fully saturated rings. The fraction of sp³-hybridized carbons (Fsp3) is 0.385. The predicted octanol–water partition coefficient (Wildman–Crippen LogP) is 2.66. The van der Waals surface area contributed by atoms with Crippen molar-refractivity contribution < 1.29 is 0 Å². The van der Waals surface area contributed by atoms with Gasteiger partial charge in [-0.1, -0.05) is 12.5 Å². The van der Waals surface area contributed by atoms with Crippen LogP contribution in [0.4, 0.5) is 5.69 Å². The van der Waals surface area contributed by atoms with Gasteiger partial charge in [0.05, 0.1) is 23.1 Å². The molecule has 2 rings (SSSR count). The monoisotopic (exact) mass is 211 g/mol. The first kappa shape index (κ1) is 10.5. The van der Waals surface area contributed by atoms with Crippen LogP contribution in [-0.4, -0.2) is 6.54 Å². The first-order chi connectivity index (χ1) is 7.78. The summed E-state index contributed by atoms with van der Waals surface area (Å²) in [5.74, 6) is 0. The highest BCUT2D eigenvalue weighted by atomic mass is 14.9. The summed E-state index contributed by atoms with van der Waals surface area (Å²) >= 11 is 0. The molecule has 0 atom stereocenters. The number of nitriles is 2. The van der Waals surface area contributed by atoms with E-state index in [1.165, 1.54) is 0 Å². The van der Waals surface area contributed by atoms with Gasteiger partial charge in [0.2, 0.25) is 0 Å². The van der Waals surface area contributed by atoms with Crippen molar-refractivity contribution in [3.05, 3.63) is 29.8 Å². The predicted molar refractivity (Wildman–Crippen MR) is 61.5 cm³/mol. The maximum atomic E-state index is 9.07. The minimum absolute atomic E-state index is 0.178. The van der Waals surface area contributed by atoms with Crippen LogP contribution < -0.4 is 5.32 Å². The Labute approximate surface area is 95.3 Å². The summed E-state index contributed by atoms with van der Waals surface area (Å²) < 4.78 is 0. The molecule has 0 spiro atoms. The summed E-state index contributed by atoms with van der Waals surface area (Å²) in [5, 5.41) is 21.1. The highest BCUT2D eigenvalue weighted by Crippen LogP contribution is 2.40. The molecule has 1 aliphatic rings. The Balaban J connectivity index is 2.00. The van der Waals surface area contributed by atoms with Crippen molar-refractivity contribution in [1.29, 1.82) is 10.5 Å². The second-order valence-electron chi connectivity index (χ2n) is 4.29. The zero-order valence-electron chi connectivity index (χ0n) is 9.03. The summed E-state index contributed by atoms with van der Waals surface area (Å²) in [6.07, 6.45) is 3.11. The van der Waals surface area contributed by atoms with Crippen molar-refractivity contribution in [2.75, 3.05) is 11.9 Å². The van der Waals surface area contributed by atoms with Crippen LogP contribution in [0.25, 0.3) is 0 Å². The van der Waals surface area contributed by atoms with Gasteiger partial charge >= 0.3 is 0 Å². The molecule has 0 amide bonds. The van der Waals surface area contributed by atoms with Gasteiger partial charge in [-0.05, 0) is 31.0 Å². The average Bonchev–Trinajstić information content (AvgIpc) is 2.29. The van der Waals surface area contributed by atoms with Crippen molar-refractivity contribution in [2.45, 2.75) is 19.3 Å². The SMILES string of the molecule is N#Cc1cccc(NCC2(C#N)CCC2)c1. The molecule has 3 heteroatoms.